The molecule has 0 heterocycles. The Hall–Kier alpha value is -0.740. The lowest BCUT2D eigenvalue weighted by atomic mass is 10.2. The first-order chi connectivity index (χ1) is 7.00. The van der Waals surface area contributed by atoms with Crippen molar-refractivity contribution in [2.45, 2.75) is 19.4 Å². The molecule has 82 valence electrons. The normalized spacial score (nSPS) is 12.2. The van der Waals surface area contributed by atoms with Gasteiger partial charge in [-0.3, -0.25) is 4.79 Å². The quantitative estimate of drug-likeness (QED) is 0.894. The summed E-state index contributed by atoms with van der Waals surface area (Å²) in [6, 6.07) is 5.27. The summed E-state index contributed by atoms with van der Waals surface area (Å²) in [4.78, 5) is 10.5. The van der Waals surface area contributed by atoms with E-state index in [0.29, 0.717) is 5.02 Å². The predicted octanol–water partition coefficient (Wildman–Crippen LogP) is 3.38. The van der Waals surface area contributed by atoms with Crippen LogP contribution in [0.5, 0.6) is 0 Å². The van der Waals surface area contributed by atoms with E-state index in [2.05, 4.69) is 21.2 Å². The largest absolute Gasteiger partial charge is 0.481 e. The molecule has 1 aromatic carbocycles. The fourth-order valence-electron chi connectivity index (χ4n) is 1.19. The van der Waals surface area contributed by atoms with Crippen LogP contribution in [0.3, 0.4) is 0 Å². The number of hydrogen-bond donors (Lipinski definition) is 2. The molecular formula is C10H11BrClNO2. The minimum absolute atomic E-state index is 0.0684. The molecule has 0 bridgehead atoms. The van der Waals surface area contributed by atoms with Gasteiger partial charge in [-0.15, -0.1) is 0 Å². The minimum Gasteiger partial charge on any atom is -0.481 e. The third kappa shape index (κ3) is 3.72. The average Bonchev–Trinajstić information content (AvgIpc) is 2.11. The Morgan fingerprint density at radius 2 is 2.33 bits per heavy atom. The zero-order valence-corrected chi connectivity index (χ0v) is 10.5. The molecule has 0 radical (unpaired) electrons. The number of carbonyl (C=O) groups is 1. The molecule has 0 aliphatic carbocycles. The number of carboxylic acid groups (broad SMARTS) is 1. The molecular weight excluding hydrogens is 281 g/mol. The number of benzene rings is 1. The van der Waals surface area contributed by atoms with Crippen LogP contribution in [0.1, 0.15) is 13.3 Å². The van der Waals surface area contributed by atoms with Crippen LogP contribution >= 0.6 is 27.5 Å². The number of anilines is 1. The fourth-order valence-corrected chi connectivity index (χ4v) is 1.75. The van der Waals surface area contributed by atoms with Crippen LogP contribution in [0.15, 0.2) is 22.7 Å². The molecule has 3 nitrogen and oxygen atoms in total. The molecule has 1 aromatic rings. The lowest BCUT2D eigenvalue weighted by molar-refractivity contribution is -0.137. The van der Waals surface area contributed by atoms with E-state index in [4.69, 9.17) is 16.7 Å². The third-order valence-corrected chi connectivity index (χ3v) is 3.23. The van der Waals surface area contributed by atoms with E-state index in [9.17, 15) is 4.79 Å². The van der Waals surface area contributed by atoms with Gasteiger partial charge in [-0.05, 0) is 35.0 Å². The second-order valence-corrected chi connectivity index (χ2v) is 4.44. The number of carboxylic acids is 1. The highest BCUT2D eigenvalue weighted by molar-refractivity contribution is 9.10. The molecule has 0 aromatic heterocycles. The van der Waals surface area contributed by atoms with Crippen molar-refractivity contribution >= 4 is 39.2 Å². The summed E-state index contributed by atoms with van der Waals surface area (Å²) in [7, 11) is 0. The summed E-state index contributed by atoms with van der Waals surface area (Å²) < 4.78 is 0.754. The fraction of sp³-hybridized carbons (Fsp3) is 0.300. The van der Waals surface area contributed by atoms with Crippen molar-refractivity contribution in [3.8, 4) is 0 Å². The van der Waals surface area contributed by atoms with Crippen LogP contribution in [-0.2, 0) is 4.79 Å². The highest BCUT2D eigenvalue weighted by Crippen LogP contribution is 2.30. The van der Waals surface area contributed by atoms with Gasteiger partial charge in [0, 0.05) is 6.04 Å². The second kappa shape index (κ2) is 5.37. The van der Waals surface area contributed by atoms with Crippen LogP contribution in [0.4, 0.5) is 5.69 Å². The second-order valence-electron chi connectivity index (χ2n) is 3.24. The molecule has 1 rings (SSSR count). The maximum atomic E-state index is 10.5. The van der Waals surface area contributed by atoms with Gasteiger partial charge in [0.2, 0.25) is 0 Å². The van der Waals surface area contributed by atoms with Gasteiger partial charge in [0.05, 0.1) is 21.6 Å². The summed E-state index contributed by atoms with van der Waals surface area (Å²) in [5.41, 5.74) is 0.802. The van der Waals surface area contributed by atoms with Gasteiger partial charge in [0.15, 0.2) is 0 Å². The molecule has 0 saturated heterocycles. The molecule has 0 amide bonds. The Morgan fingerprint density at radius 3 is 2.93 bits per heavy atom. The first-order valence-electron chi connectivity index (χ1n) is 4.43. The Morgan fingerprint density at radius 1 is 1.67 bits per heavy atom. The number of halogens is 2. The van der Waals surface area contributed by atoms with E-state index in [1.54, 1.807) is 6.07 Å². The van der Waals surface area contributed by atoms with E-state index in [1.807, 2.05) is 19.1 Å². The molecule has 5 heteroatoms. The zero-order valence-electron chi connectivity index (χ0n) is 8.13. The molecule has 0 saturated carbocycles. The van der Waals surface area contributed by atoms with Crippen LogP contribution in [0.2, 0.25) is 5.02 Å². The monoisotopic (exact) mass is 291 g/mol. The summed E-state index contributed by atoms with van der Waals surface area (Å²) in [5, 5.41) is 12.3. The van der Waals surface area contributed by atoms with Crippen LogP contribution in [0.25, 0.3) is 0 Å². The number of hydrogen-bond acceptors (Lipinski definition) is 2. The molecule has 0 aliphatic heterocycles. The van der Waals surface area contributed by atoms with E-state index < -0.39 is 5.97 Å². The number of nitrogens with one attached hydrogen (secondary N) is 1. The van der Waals surface area contributed by atoms with E-state index >= 15 is 0 Å². The van der Waals surface area contributed by atoms with Crippen molar-refractivity contribution in [1.29, 1.82) is 0 Å². The average molecular weight is 293 g/mol. The third-order valence-electron chi connectivity index (χ3n) is 1.83. The smallest absolute Gasteiger partial charge is 0.305 e. The lowest BCUT2D eigenvalue weighted by Gasteiger charge is -2.14. The summed E-state index contributed by atoms with van der Waals surface area (Å²) in [5.74, 6) is -0.826. The molecule has 1 unspecified atom stereocenters. The van der Waals surface area contributed by atoms with Crippen LogP contribution in [0, 0.1) is 0 Å². The highest BCUT2D eigenvalue weighted by atomic mass is 79.9. The van der Waals surface area contributed by atoms with E-state index in [0.717, 1.165) is 10.2 Å². The number of aliphatic carboxylic acids is 1. The summed E-state index contributed by atoms with van der Waals surface area (Å²) >= 11 is 9.23. The van der Waals surface area contributed by atoms with Gasteiger partial charge in [-0.2, -0.15) is 0 Å². The lowest BCUT2D eigenvalue weighted by Crippen LogP contribution is -2.19. The van der Waals surface area contributed by atoms with Gasteiger partial charge in [-0.25, -0.2) is 0 Å². The zero-order chi connectivity index (χ0) is 11.4. The van der Waals surface area contributed by atoms with Crippen LogP contribution in [-0.4, -0.2) is 17.1 Å². The molecule has 1 atom stereocenters. The van der Waals surface area contributed by atoms with Gasteiger partial charge in [-0.1, -0.05) is 17.7 Å². The van der Waals surface area contributed by atoms with Crippen molar-refractivity contribution in [2.75, 3.05) is 5.32 Å². The topological polar surface area (TPSA) is 49.3 Å². The molecule has 0 aliphatic rings. The molecule has 0 fully saturated rings. The molecule has 15 heavy (non-hydrogen) atoms. The first-order valence-corrected chi connectivity index (χ1v) is 5.60. The Balaban J connectivity index is 2.72. The van der Waals surface area contributed by atoms with Crippen molar-refractivity contribution < 1.29 is 9.90 Å². The Bertz CT molecular complexity index is 370. The molecule has 2 N–H and O–H groups in total. The predicted molar refractivity (Wildman–Crippen MR) is 64.5 cm³/mol. The van der Waals surface area contributed by atoms with Gasteiger partial charge in [0.25, 0.3) is 0 Å². The van der Waals surface area contributed by atoms with Gasteiger partial charge in [0.1, 0.15) is 0 Å². The SMILES string of the molecule is CC(CC(=O)O)Nc1cccc(Cl)c1Br. The Labute approximate surface area is 102 Å². The van der Waals surface area contributed by atoms with Gasteiger partial charge >= 0.3 is 5.97 Å². The van der Waals surface area contributed by atoms with Gasteiger partial charge < -0.3 is 10.4 Å². The Kier molecular flexibility index (Phi) is 4.42. The molecule has 0 spiro atoms. The first kappa shape index (κ1) is 12.3. The highest BCUT2D eigenvalue weighted by Gasteiger charge is 2.10. The van der Waals surface area contributed by atoms with Crippen molar-refractivity contribution in [3.05, 3.63) is 27.7 Å². The van der Waals surface area contributed by atoms with E-state index in [1.165, 1.54) is 0 Å². The van der Waals surface area contributed by atoms with Crippen LogP contribution < -0.4 is 5.32 Å². The summed E-state index contributed by atoms with van der Waals surface area (Å²) in [6.45, 7) is 1.81. The van der Waals surface area contributed by atoms with Crippen molar-refractivity contribution in [1.82, 2.24) is 0 Å². The number of rotatable bonds is 4. The maximum absolute atomic E-state index is 10.5. The van der Waals surface area contributed by atoms with Crippen molar-refractivity contribution in [2.24, 2.45) is 0 Å². The minimum atomic E-state index is -0.826. The summed E-state index contributed by atoms with van der Waals surface area (Å²) in [6.07, 6.45) is 0.0684. The maximum Gasteiger partial charge on any atom is 0.305 e. The van der Waals surface area contributed by atoms with E-state index in [-0.39, 0.29) is 12.5 Å². The standard InChI is InChI=1S/C10H11BrClNO2/c1-6(5-9(14)15)13-8-4-2-3-7(12)10(8)11/h2-4,6,13H,5H2,1H3,(H,14,15). The van der Waals surface area contributed by atoms with Crippen molar-refractivity contribution in [3.63, 3.8) is 0 Å².